The van der Waals surface area contributed by atoms with Crippen LogP contribution in [0.2, 0.25) is 0 Å². The lowest BCUT2D eigenvalue weighted by Crippen LogP contribution is -2.40. The van der Waals surface area contributed by atoms with Crippen LogP contribution in [-0.4, -0.2) is 43.2 Å². The summed E-state index contributed by atoms with van der Waals surface area (Å²) in [6.07, 6.45) is -2.74. The van der Waals surface area contributed by atoms with E-state index in [-0.39, 0.29) is 18.9 Å². The predicted molar refractivity (Wildman–Crippen MR) is 79.5 cm³/mol. The standard InChI is InChI=1S/C16H20F3NO4/c17-16(18,19)15(22)20-9-11(12-5-1-2-6-13(12)21)10-24-14-7-3-4-8-23-14/h1-2,5-6,11,14,21H,3-4,7-10H2,(H,20,22). The Morgan fingerprint density at radius 2 is 2.12 bits per heavy atom. The summed E-state index contributed by atoms with van der Waals surface area (Å²) in [6, 6.07) is 6.29. The fraction of sp³-hybridized carbons (Fsp3) is 0.562. The van der Waals surface area contributed by atoms with Crippen LogP contribution < -0.4 is 5.32 Å². The van der Waals surface area contributed by atoms with Crippen molar-refractivity contribution in [2.45, 2.75) is 37.6 Å². The second-order valence-electron chi connectivity index (χ2n) is 5.59. The second kappa shape index (κ2) is 8.34. The van der Waals surface area contributed by atoms with E-state index >= 15 is 0 Å². The summed E-state index contributed by atoms with van der Waals surface area (Å²) in [4.78, 5) is 11.0. The summed E-state index contributed by atoms with van der Waals surface area (Å²) in [6.45, 7) is 0.305. The first kappa shape index (κ1) is 18.5. The maximum absolute atomic E-state index is 12.3. The van der Waals surface area contributed by atoms with Crippen molar-refractivity contribution < 1.29 is 32.5 Å². The molecule has 24 heavy (non-hydrogen) atoms. The number of nitrogens with one attached hydrogen (secondary N) is 1. The number of phenols is 1. The van der Waals surface area contributed by atoms with Gasteiger partial charge in [0, 0.05) is 24.6 Å². The molecule has 8 heteroatoms. The van der Waals surface area contributed by atoms with Gasteiger partial charge in [-0.15, -0.1) is 0 Å². The summed E-state index contributed by atoms with van der Waals surface area (Å²) in [5.41, 5.74) is 0.413. The molecule has 0 bridgehead atoms. The van der Waals surface area contributed by atoms with Crippen LogP contribution in [0.25, 0.3) is 0 Å². The van der Waals surface area contributed by atoms with Crippen molar-refractivity contribution in [1.29, 1.82) is 0 Å². The lowest BCUT2D eigenvalue weighted by Gasteiger charge is -2.26. The van der Waals surface area contributed by atoms with Crippen LogP contribution >= 0.6 is 0 Å². The number of para-hydroxylation sites is 1. The summed E-state index contributed by atoms with van der Waals surface area (Å²) in [5, 5.41) is 11.8. The number of aromatic hydroxyl groups is 1. The highest BCUT2D eigenvalue weighted by Crippen LogP contribution is 2.27. The highest BCUT2D eigenvalue weighted by Gasteiger charge is 2.38. The average Bonchev–Trinajstić information content (AvgIpc) is 2.55. The molecule has 1 aliphatic rings. The zero-order valence-electron chi connectivity index (χ0n) is 13.0. The van der Waals surface area contributed by atoms with Crippen molar-refractivity contribution >= 4 is 5.91 Å². The lowest BCUT2D eigenvalue weighted by atomic mass is 9.98. The molecule has 0 aliphatic carbocycles. The number of carbonyl (C=O) groups excluding carboxylic acids is 1. The van der Waals surface area contributed by atoms with E-state index in [2.05, 4.69) is 0 Å². The van der Waals surface area contributed by atoms with Gasteiger partial charge in [0.2, 0.25) is 0 Å². The Morgan fingerprint density at radius 1 is 1.38 bits per heavy atom. The lowest BCUT2D eigenvalue weighted by molar-refractivity contribution is -0.174. The van der Waals surface area contributed by atoms with Gasteiger partial charge in [0.05, 0.1) is 6.61 Å². The third-order valence-electron chi connectivity index (χ3n) is 3.76. The Morgan fingerprint density at radius 3 is 2.75 bits per heavy atom. The van der Waals surface area contributed by atoms with Crippen molar-refractivity contribution in [3.63, 3.8) is 0 Å². The molecule has 134 valence electrons. The second-order valence-corrected chi connectivity index (χ2v) is 5.59. The van der Waals surface area contributed by atoms with Crippen LogP contribution in [0.1, 0.15) is 30.7 Å². The van der Waals surface area contributed by atoms with E-state index in [4.69, 9.17) is 9.47 Å². The Balaban J connectivity index is 2.01. The number of benzene rings is 1. The smallest absolute Gasteiger partial charge is 0.471 e. The Labute approximate surface area is 137 Å². The van der Waals surface area contributed by atoms with Crippen molar-refractivity contribution in [2.75, 3.05) is 19.8 Å². The zero-order chi connectivity index (χ0) is 17.6. The van der Waals surface area contributed by atoms with Gasteiger partial charge in [-0.1, -0.05) is 18.2 Å². The number of ether oxygens (including phenoxy) is 2. The molecule has 5 nitrogen and oxygen atoms in total. The number of rotatable bonds is 6. The first-order valence-corrected chi connectivity index (χ1v) is 7.74. The molecule has 1 amide bonds. The molecule has 1 aromatic carbocycles. The summed E-state index contributed by atoms with van der Waals surface area (Å²) >= 11 is 0. The van der Waals surface area contributed by atoms with Crippen LogP contribution in [0, 0.1) is 0 Å². The van der Waals surface area contributed by atoms with Gasteiger partial charge >= 0.3 is 12.1 Å². The van der Waals surface area contributed by atoms with Gasteiger partial charge in [0.1, 0.15) is 5.75 Å². The van der Waals surface area contributed by atoms with Gasteiger partial charge in [-0.05, 0) is 25.3 Å². The Hall–Kier alpha value is -1.80. The van der Waals surface area contributed by atoms with E-state index in [0.717, 1.165) is 12.8 Å². The SMILES string of the molecule is O=C(NCC(COC1CCCCO1)c1ccccc1O)C(F)(F)F. The molecule has 1 aromatic rings. The van der Waals surface area contributed by atoms with E-state index < -0.39 is 24.3 Å². The highest BCUT2D eigenvalue weighted by atomic mass is 19.4. The molecule has 0 radical (unpaired) electrons. The van der Waals surface area contributed by atoms with E-state index in [1.807, 2.05) is 5.32 Å². The Bertz CT molecular complexity index is 544. The zero-order valence-corrected chi connectivity index (χ0v) is 13.0. The fourth-order valence-corrected chi connectivity index (χ4v) is 2.47. The monoisotopic (exact) mass is 347 g/mol. The molecule has 1 fully saturated rings. The minimum Gasteiger partial charge on any atom is -0.508 e. The van der Waals surface area contributed by atoms with Crippen LogP contribution in [0.3, 0.4) is 0 Å². The van der Waals surface area contributed by atoms with Crippen LogP contribution in [-0.2, 0) is 14.3 Å². The molecular weight excluding hydrogens is 327 g/mol. The highest BCUT2D eigenvalue weighted by molar-refractivity contribution is 5.81. The van der Waals surface area contributed by atoms with E-state index in [1.54, 1.807) is 18.2 Å². The van der Waals surface area contributed by atoms with Crippen molar-refractivity contribution in [3.8, 4) is 5.75 Å². The topological polar surface area (TPSA) is 67.8 Å². The number of carbonyl (C=O) groups is 1. The Kier molecular flexibility index (Phi) is 6.44. The number of halogens is 3. The summed E-state index contributed by atoms with van der Waals surface area (Å²) < 4.78 is 48.1. The first-order chi connectivity index (χ1) is 11.4. The third kappa shape index (κ3) is 5.38. The first-order valence-electron chi connectivity index (χ1n) is 7.74. The molecule has 0 spiro atoms. The minimum atomic E-state index is -4.95. The van der Waals surface area contributed by atoms with Crippen LogP contribution in [0.15, 0.2) is 24.3 Å². The van der Waals surface area contributed by atoms with Gasteiger partial charge in [0.25, 0.3) is 0 Å². The quantitative estimate of drug-likeness (QED) is 0.830. The van der Waals surface area contributed by atoms with Gasteiger partial charge < -0.3 is 19.9 Å². The predicted octanol–water partition coefficient (Wildman–Crippen LogP) is 2.70. The van der Waals surface area contributed by atoms with Gasteiger partial charge in [0.15, 0.2) is 6.29 Å². The summed E-state index contributed by atoms with van der Waals surface area (Å²) in [7, 11) is 0. The number of hydrogen-bond donors (Lipinski definition) is 2. The maximum atomic E-state index is 12.3. The molecule has 1 saturated heterocycles. The molecule has 2 N–H and O–H groups in total. The largest absolute Gasteiger partial charge is 0.508 e. The number of phenolic OH excluding ortho intramolecular Hbond substituents is 1. The minimum absolute atomic E-state index is 0.0282. The number of amides is 1. The van der Waals surface area contributed by atoms with Crippen molar-refractivity contribution in [3.05, 3.63) is 29.8 Å². The molecule has 1 heterocycles. The van der Waals surface area contributed by atoms with Gasteiger partial charge in [-0.3, -0.25) is 4.79 Å². The fourth-order valence-electron chi connectivity index (χ4n) is 2.47. The van der Waals surface area contributed by atoms with Gasteiger partial charge in [-0.2, -0.15) is 13.2 Å². The van der Waals surface area contributed by atoms with Crippen LogP contribution in [0.5, 0.6) is 5.75 Å². The normalized spacial score (nSPS) is 19.7. The molecule has 2 rings (SSSR count). The molecule has 0 aromatic heterocycles. The molecule has 2 unspecified atom stereocenters. The maximum Gasteiger partial charge on any atom is 0.471 e. The van der Waals surface area contributed by atoms with Crippen LogP contribution in [0.4, 0.5) is 13.2 Å². The van der Waals surface area contributed by atoms with E-state index in [1.165, 1.54) is 6.07 Å². The third-order valence-corrected chi connectivity index (χ3v) is 3.76. The van der Waals surface area contributed by atoms with Crippen molar-refractivity contribution in [2.24, 2.45) is 0 Å². The van der Waals surface area contributed by atoms with Gasteiger partial charge in [-0.25, -0.2) is 0 Å². The molecular formula is C16H20F3NO4. The summed E-state index contributed by atoms with van der Waals surface area (Å²) in [5.74, 6) is -2.70. The number of hydrogen-bond acceptors (Lipinski definition) is 4. The molecule has 0 saturated carbocycles. The van der Waals surface area contributed by atoms with E-state index in [0.29, 0.717) is 18.6 Å². The molecule has 1 aliphatic heterocycles. The van der Waals surface area contributed by atoms with Crippen molar-refractivity contribution in [1.82, 2.24) is 5.32 Å². The number of alkyl halides is 3. The average molecular weight is 347 g/mol. The molecule has 2 atom stereocenters. The van der Waals surface area contributed by atoms with E-state index in [9.17, 15) is 23.1 Å².